The molecule has 0 saturated carbocycles. The van der Waals surface area contributed by atoms with Gasteiger partial charge in [-0.05, 0) is 0 Å². The van der Waals surface area contributed by atoms with Crippen LogP contribution < -0.4 is 0 Å². The lowest BCUT2D eigenvalue weighted by Crippen LogP contribution is -2.20. The second-order valence-corrected chi connectivity index (χ2v) is 4.48. The molecule has 6 heteroatoms. The normalized spacial score (nSPS) is 17.5. The minimum atomic E-state index is -2.86. The summed E-state index contributed by atoms with van der Waals surface area (Å²) in [5.41, 5.74) is 0. The first kappa shape index (κ1) is 12.4. The van der Waals surface area contributed by atoms with Crippen LogP contribution in [0.3, 0.4) is 0 Å². The summed E-state index contributed by atoms with van der Waals surface area (Å²) in [6, 6.07) is 0. The molecule has 2 unspecified atom stereocenters. The van der Waals surface area contributed by atoms with Crippen molar-refractivity contribution in [2.75, 3.05) is 12.4 Å². The zero-order valence-electron chi connectivity index (χ0n) is 6.44. The maximum atomic E-state index is 12.4. The highest BCUT2D eigenvalue weighted by molar-refractivity contribution is 8.10. The van der Waals surface area contributed by atoms with Gasteiger partial charge >= 0.3 is 0 Å². The predicted octanol–water partition coefficient (Wildman–Crippen LogP) is 2.94. The lowest BCUT2D eigenvalue weighted by Gasteiger charge is -2.15. The fraction of sp³-hybridized carbons (Fsp3) is 1.00. The molecule has 0 aliphatic carbocycles. The van der Waals surface area contributed by atoms with Crippen LogP contribution in [0.1, 0.15) is 6.92 Å². The molecule has 0 amide bonds. The molecule has 0 aliphatic heterocycles. The average Bonchev–Trinajstić information content (AvgIpc) is 1.97. The highest BCUT2D eigenvalue weighted by Gasteiger charge is 2.25. The van der Waals surface area contributed by atoms with Crippen molar-refractivity contribution >= 4 is 24.4 Å². The third-order valence-electron chi connectivity index (χ3n) is 0.964. The SMILES string of the molecule is CC(F)(F)CSC(S)C(F)CF. The second-order valence-electron chi connectivity index (χ2n) is 2.44. The predicted molar refractivity (Wildman–Crippen MR) is 46.7 cm³/mol. The molecule has 2 atom stereocenters. The van der Waals surface area contributed by atoms with Crippen molar-refractivity contribution in [1.82, 2.24) is 0 Å². The van der Waals surface area contributed by atoms with E-state index >= 15 is 0 Å². The van der Waals surface area contributed by atoms with Crippen molar-refractivity contribution < 1.29 is 17.6 Å². The summed E-state index contributed by atoms with van der Waals surface area (Å²) in [4.78, 5) is 0. The summed E-state index contributed by atoms with van der Waals surface area (Å²) in [6.07, 6.45) is -1.78. The maximum absolute atomic E-state index is 12.4. The second kappa shape index (κ2) is 5.21. The van der Waals surface area contributed by atoms with Gasteiger partial charge < -0.3 is 0 Å². The molecule has 74 valence electrons. The van der Waals surface area contributed by atoms with E-state index in [1.165, 1.54) is 0 Å². The Bertz CT molecular complexity index is 125. The molecule has 0 aromatic heterocycles. The highest BCUT2D eigenvalue weighted by atomic mass is 32.2. The van der Waals surface area contributed by atoms with Gasteiger partial charge in [0.25, 0.3) is 5.92 Å². The molecule has 0 aliphatic rings. The molecule has 0 saturated heterocycles. The number of hydrogen-bond acceptors (Lipinski definition) is 2. The quantitative estimate of drug-likeness (QED) is 0.424. The summed E-state index contributed by atoms with van der Waals surface area (Å²) in [6.45, 7) is -0.459. The van der Waals surface area contributed by atoms with Gasteiger partial charge in [0.2, 0.25) is 0 Å². The first-order valence-electron chi connectivity index (χ1n) is 3.24. The maximum Gasteiger partial charge on any atom is 0.254 e. The standard InChI is InChI=1S/C6H10F4S2/c1-6(9,10)3-12-5(11)4(8)2-7/h4-5,11H,2-3H2,1H3. The van der Waals surface area contributed by atoms with E-state index in [0.29, 0.717) is 11.8 Å². The van der Waals surface area contributed by atoms with Gasteiger partial charge in [-0.3, -0.25) is 0 Å². The van der Waals surface area contributed by atoms with Crippen LogP contribution in [0.5, 0.6) is 0 Å². The molecule has 0 nitrogen and oxygen atoms in total. The van der Waals surface area contributed by atoms with Crippen LogP contribution in [0.4, 0.5) is 17.6 Å². The Labute approximate surface area is 78.5 Å². The molecule has 0 aromatic carbocycles. The Morgan fingerprint density at radius 2 is 2.00 bits per heavy atom. The van der Waals surface area contributed by atoms with Gasteiger partial charge in [0.15, 0.2) is 0 Å². The Balaban J connectivity index is 3.64. The largest absolute Gasteiger partial charge is 0.254 e. The third kappa shape index (κ3) is 5.99. The van der Waals surface area contributed by atoms with Crippen LogP contribution in [0, 0.1) is 0 Å². The van der Waals surface area contributed by atoms with Gasteiger partial charge in [-0.25, -0.2) is 17.6 Å². The van der Waals surface area contributed by atoms with Gasteiger partial charge in [0.1, 0.15) is 12.8 Å². The minimum absolute atomic E-state index is 0.540. The lowest BCUT2D eigenvalue weighted by atomic mass is 10.5. The van der Waals surface area contributed by atoms with Gasteiger partial charge in [0.05, 0.1) is 10.3 Å². The van der Waals surface area contributed by atoms with E-state index in [0.717, 1.165) is 6.92 Å². The fourth-order valence-corrected chi connectivity index (χ4v) is 1.46. The lowest BCUT2D eigenvalue weighted by molar-refractivity contribution is 0.0491. The summed E-state index contributed by atoms with van der Waals surface area (Å²) in [5.74, 6) is -3.40. The van der Waals surface area contributed by atoms with Crippen LogP contribution in [-0.4, -0.2) is 29.1 Å². The Morgan fingerprint density at radius 3 is 2.33 bits per heavy atom. The molecule has 0 rings (SSSR count). The zero-order chi connectivity index (χ0) is 9.78. The van der Waals surface area contributed by atoms with Gasteiger partial charge in [-0.2, -0.15) is 12.6 Å². The molecule has 0 heterocycles. The fourth-order valence-electron chi connectivity index (χ4n) is 0.412. The Morgan fingerprint density at radius 1 is 1.50 bits per heavy atom. The molecule has 12 heavy (non-hydrogen) atoms. The number of halogens is 4. The number of rotatable bonds is 5. The van der Waals surface area contributed by atoms with Crippen LogP contribution in [0.15, 0.2) is 0 Å². The molecule has 0 bridgehead atoms. The Hall–Kier alpha value is 0.420. The first-order chi connectivity index (χ1) is 5.37. The minimum Gasteiger partial charge on any atom is -0.248 e. The van der Waals surface area contributed by atoms with Gasteiger partial charge in [-0.15, -0.1) is 11.8 Å². The summed E-state index contributed by atoms with van der Waals surface area (Å²) >= 11 is 4.25. The van der Waals surface area contributed by atoms with Crippen molar-refractivity contribution in [2.45, 2.75) is 23.6 Å². The van der Waals surface area contributed by atoms with E-state index in [4.69, 9.17) is 0 Å². The van der Waals surface area contributed by atoms with Crippen LogP contribution in [0.25, 0.3) is 0 Å². The smallest absolute Gasteiger partial charge is 0.248 e. The van der Waals surface area contributed by atoms with Crippen molar-refractivity contribution in [3.63, 3.8) is 0 Å². The number of thiol groups is 1. The molecule has 0 radical (unpaired) electrons. The summed E-state index contributed by atoms with van der Waals surface area (Å²) in [5, 5.41) is 0. The Kier molecular flexibility index (Phi) is 5.40. The number of thioether (sulfide) groups is 1. The topological polar surface area (TPSA) is 0 Å². The van der Waals surface area contributed by atoms with E-state index in [2.05, 4.69) is 12.6 Å². The first-order valence-corrected chi connectivity index (χ1v) is 4.81. The van der Waals surface area contributed by atoms with Crippen LogP contribution >= 0.6 is 24.4 Å². The highest BCUT2D eigenvalue weighted by Crippen LogP contribution is 2.27. The molecule has 0 fully saturated rings. The molecular weight excluding hydrogens is 212 g/mol. The van der Waals surface area contributed by atoms with E-state index in [1.807, 2.05) is 0 Å². The van der Waals surface area contributed by atoms with E-state index in [-0.39, 0.29) is 0 Å². The molecule has 0 N–H and O–H groups in total. The molecular formula is C6H10F4S2. The van der Waals surface area contributed by atoms with E-state index in [9.17, 15) is 17.6 Å². The van der Waals surface area contributed by atoms with Gasteiger partial charge in [0, 0.05) is 6.92 Å². The van der Waals surface area contributed by atoms with Crippen molar-refractivity contribution in [3.8, 4) is 0 Å². The molecule has 0 aromatic rings. The van der Waals surface area contributed by atoms with Gasteiger partial charge in [-0.1, -0.05) is 0 Å². The third-order valence-corrected chi connectivity index (χ3v) is 3.05. The van der Waals surface area contributed by atoms with Crippen molar-refractivity contribution in [1.29, 1.82) is 0 Å². The monoisotopic (exact) mass is 222 g/mol. The average molecular weight is 222 g/mol. The van der Waals surface area contributed by atoms with E-state index in [1.54, 1.807) is 0 Å². The summed E-state index contributed by atoms with van der Waals surface area (Å²) < 4.78 is 47.4. The van der Waals surface area contributed by atoms with E-state index < -0.39 is 29.1 Å². The zero-order valence-corrected chi connectivity index (χ0v) is 8.15. The van der Waals surface area contributed by atoms with Crippen LogP contribution in [0.2, 0.25) is 0 Å². The van der Waals surface area contributed by atoms with Crippen molar-refractivity contribution in [3.05, 3.63) is 0 Å². The number of hydrogen-bond donors (Lipinski definition) is 1. The summed E-state index contributed by atoms with van der Waals surface area (Å²) in [7, 11) is 0. The van der Waals surface area contributed by atoms with Crippen molar-refractivity contribution in [2.24, 2.45) is 0 Å². The van der Waals surface area contributed by atoms with Crippen LogP contribution in [-0.2, 0) is 0 Å². The number of alkyl halides is 4. The molecule has 0 spiro atoms.